The second-order valence-corrected chi connectivity index (χ2v) is 3.24. The molecular weight excluding hydrogens is 170 g/mol. The Morgan fingerprint density at radius 3 is 2.85 bits per heavy atom. The highest BCUT2D eigenvalue weighted by Gasteiger charge is 2.31. The fraction of sp³-hybridized carbons (Fsp3) is 0.667. The first kappa shape index (κ1) is 9.89. The van der Waals surface area contributed by atoms with Crippen LogP contribution in [0.4, 0.5) is 0 Å². The molecule has 74 valence electrons. The van der Waals surface area contributed by atoms with Crippen molar-refractivity contribution in [2.45, 2.75) is 33.0 Å². The van der Waals surface area contributed by atoms with E-state index in [1.807, 2.05) is 13.8 Å². The van der Waals surface area contributed by atoms with Gasteiger partial charge in [0.1, 0.15) is 12.0 Å². The minimum absolute atomic E-state index is 0.0644. The molecule has 1 rings (SSSR count). The molecule has 1 unspecified atom stereocenters. The van der Waals surface area contributed by atoms with Crippen LogP contribution >= 0.6 is 0 Å². The van der Waals surface area contributed by atoms with Crippen LogP contribution in [0, 0.1) is 0 Å². The van der Waals surface area contributed by atoms with Crippen LogP contribution in [0.5, 0.6) is 0 Å². The monoisotopic (exact) mass is 185 g/mol. The number of rotatable bonds is 4. The molecule has 0 radical (unpaired) electrons. The molecule has 0 aliphatic carbocycles. The number of Topliss-reactive ketones (excluding diaryl/α,β-unsaturated/α-hetero) is 1. The third-order valence-electron chi connectivity index (χ3n) is 1.89. The van der Waals surface area contributed by atoms with Gasteiger partial charge >= 0.3 is 0 Å². The molecule has 1 aliphatic rings. The van der Waals surface area contributed by atoms with Gasteiger partial charge in [-0.25, -0.2) is 0 Å². The van der Waals surface area contributed by atoms with Gasteiger partial charge in [-0.2, -0.15) is 0 Å². The van der Waals surface area contributed by atoms with Crippen molar-refractivity contribution < 1.29 is 14.3 Å². The van der Waals surface area contributed by atoms with Crippen LogP contribution in [-0.4, -0.2) is 18.1 Å². The first-order valence-corrected chi connectivity index (χ1v) is 4.36. The lowest BCUT2D eigenvalue weighted by Crippen LogP contribution is -2.28. The third-order valence-corrected chi connectivity index (χ3v) is 1.89. The highest BCUT2D eigenvalue weighted by molar-refractivity contribution is 5.77. The Morgan fingerprint density at radius 2 is 2.38 bits per heavy atom. The van der Waals surface area contributed by atoms with Gasteiger partial charge in [-0.3, -0.25) is 4.79 Å². The number of carbonyl (C=O) groups excluding carboxylic acids is 1. The Kier molecular flexibility index (Phi) is 2.80. The fourth-order valence-corrected chi connectivity index (χ4v) is 0.904. The van der Waals surface area contributed by atoms with Crippen molar-refractivity contribution in [3.8, 4) is 0 Å². The lowest BCUT2D eigenvalue weighted by atomic mass is 10.2. The molecule has 0 fully saturated rings. The Hall–Kier alpha value is -1.19. The number of hydrogen-bond acceptors (Lipinski definition) is 4. The molecule has 0 saturated heterocycles. The molecule has 1 N–H and O–H groups in total. The molecule has 0 bridgehead atoms. The third kappa shape index (κ3) is 2.65. The van der Waals surface area contributed by atoms with E-state index in [-0.39, 0.29) is 12.3 Å². The van der Waals surface area contributed by atoms with Crippen molar-refractivity contribution in [3.05, 3.63) is 12.1 Å². The first-order chi connectivity index (χ1) is 6.06. The average molecular weight is 185 g/mol. The number of carbonyl (C=O) groups is 1. The second-order valence-electron chi connectivity index (χ2n) is 3.24. The Bertz CT molecular complexity index is 237. The average Bonchev–Trinajstić information content (AvgIpc) is 2.45. The van der Waals surface area contributed by atoms with Crippen LogP contribution in [0.2, 0.25) is 0 Å². The van der Waals surface area contributed by atoms with E-state index >= 15 is 0 Å². The molecule has 0 aromatic rings. The van der Waals surface area contributed by atoms with Gasteiger partial charge in [-0.05, 0) is 6.92 Å². The molecule has 4 nitrogen and oxygen atoms in total. The lowest BCUT2D eigenvalue weighted by molar-refractivity contribution is -0.137. The summed E-state index contributed by atoms with van der Waals surface area (Å²) in [5.41, 5.74) is 0. The predicted octanol–water partition coefficient (Wildman–Crippen LogP) is 1.14. The van der Waals surface area contributed by atoms with E-state index in [2.05, 4.69) is 5.32 Å². The number of hydrogen-bond donors (Lipinski definition) is 1. The molecule has 0 aromatic carbocycles. The summed E-state index contributed by atoms with van der Waals surface area (Å²) in [5.74, 6) is 0.0215. The summed E-state index contributed by atoms with van der Waals surface area (Å²) >= 11 is 0. The zero-order chi connectivity index (χ0) is 9.90. The predicted molar refractivity (Wildman–Crippen MR) is 47.6 cm³/mol. The topological polar surface area (TPSA) is 47.6 Å². The van der Waals surface area contributed by atoms with E-state index in [0.29, 0.717) is 5.88 Å². The summed E-state index contributed by atoms with van der Waals surface area (Å²) in [6.07, 6.45) is 2.27. The first-order valence-electron chi connectivity index (χ1n) is 4.36. The summed E-state index contributed by atoms with van der Waals surface area (Å²) < 4.78 is 10.7. The molecule has 1 aliphatic heterocycles. The highest BCUT2D eigenvalue weighted by atomic mass is 16.7. The van der Waals surface area contributed by atoms with Gasteiger partial charge in [0.15, 0.2) is 0 Å². The summed E-state index contributed by atoms with van der Waals surface area (Å²) in [6.45, 7) is 5.62. The van der Waals surface area contributed by atoms with E-state index in [1.54, 1.807) is 0 Å². The maximum Gasteiger partial charge on any atom is 0.249 e. The summed E-state index contributed by atoms with van der Waals surface area (Å²) in [5, 5.41) is 2.83. The van der Waals surface area contributed by atoms with E-state index < -0.39 is 5.79 Å². The van der Waals surface area contributed by atoms with Gasteiger partial charge in [0.2, 0.25) is 11.7 Å². The van der Waals surface area contributed by atoms with Crippen molar-refractivity contribution in [1.29, 1.82) is 0 Å². The van der Waals surface area contributed by atoms with Gasteiger partial charge in [0, 0.05) is 13.3 Å². The number of ketones is 1. The SMILES string of the molecule is CCC1(C)OC=C(NCC(C)=O)O1. The van der Waals surface area contributed by atoms with E-state index in [0.717, 1.165) is 6.42 Å². The molecule has 1 atom stereocenters. The van der Waals surface area contributed by atoms with E-state index in [4.69, 9.17) is 9.47 Å². The van der Waals surface area contributed by atoms with Crippen molar-refractivity contribution in [2.75, 3.05) is 6.54 Å². The number of nitrogens with one attached hydrogen (secondary N) is 1. The minimum Gasteiger partial charge on any atom is -0.455 e. The van der Waals surface area contributed by atoms with Crippen LogP contribution in [0.1, 0.15) is 27.2 Å². The van der Waals surface area contributed by atoms with Crippen LogP contribution in [0.3, 0.4) is 0 Å². The van der Waals surface area contributed by atoms with Crippen molar-refractivity contribution in [1.82, 2.24) is 5.32 Å². The molecule has 13 heavy (non-hydrogen) atoms. The van der Waals surface area contributed by atoms with Crippen molar-refractivity contribution in [3.63, 3.8) is 0 Å². The van der Waals surface area contributed by atoms with Gasteiger partial charge in [-0.15, -0.1) is 0 Å². The molecule has 0 amide bonds. The molecular formula is C9H15NO3. The molecule has 0 spiro atoms. The van der Waals surface area contributed by atoms with Crippen LogP contribution in [0.25, 0.3) is 0 Å². The van der Waals surface area contributed by atoms with Gasteiger partial charge in [0.25, 0.3) is 0 Å². The molecule has 0 saturated carbocycles. The quantitative estimate of drug-likeness (QED) is 0.713. The molecule has 0 aromatic heterocycles. The summed E-state index contributed by atoms with van der Waals surface area (Å²) in [4.78, 5) is 10.6. The van der Waals surface area contributed by atoms with Gasteiger partial charge < -0.3 is 14.8 Å². The smallest absolute Gasteiger partial charge is 0.249 e. The summed E-state index contributed by atoms with van der Waals surface area (Å²) in [6, 6.07) is 0. The fourth-order valence-electron chi connectivity index (χ4n) is 0.904. The van der Waals surface area contributed by atoms with Gasteiger partial charge in [-0.1, -0.05) is 6.92 Å². The Balaban J connectivity index is 2.36. The van der Waals surface area contributed by atoms with Crippen molar-refractivity contribution in [2.24, 2.45) is 0 Å². The largest absolute Gasteiger partial charge is 0.455 e. The van der Waals surface area contributed by atoms with E-state index in [1.165, 1.54) is 13.2 Å². The summed E-state index contributed by atoms with van der Waals surface area (Å²) in [7, 11) is 0. The van der Waals surface area contributed by atoms with E-state index in [9.17, 15) is 4.79 Å². The maximum atomic E-state index is 10.6. The molecule has 1 heterocycles. The van der Waals surface area contributed by atoms with Gasteiger partial charge in [0.05, 0.1) is 6.54 Å². The zero-order valence-electron chi connectivity index (χ0n) is 8.22. The zero-order valence-corrected chi connectivity index (χ0v) is 8.22. The number of ether oxygens (including phenoxy) is 2. The molecule has 4 heteroatoms. The van der Waals surface area contributed by atoms with Crippen LogP contribution < -0.4 is 5.32 Å². The standard InChI is InChI=1S/C9H15NO3/c1-4-9(3)12-6-8(13-9)10-5-7(2)11/h6,10H,4-5H2,1-3H3. The normalized spacial score (nSPS) is 25.9. The maximum absolute atomic E-state index is 10.6. The Morgan fingerprint density at radius 1 is 1.69 bits per heavy atom. The minimum atomic E-state index is -0.570. The Labute approximate surface area is 77.9 Å². The van der Waals surface area contributed by atoms with Crippen molar-refractivity contribution >= 4 is 5.78 Å². The highest BCUT2D eigenvalue weighted by Crippen LogP contribution is 2.26. The lowest BCUT2D eigenvalue weighted by Gasteiger charge is -2.21. The second kappa shape index (κ2) is 3.68. The van der Waals surface area contributed by atoms with Crippen LogP contribution in [0.15, 0.2) is 12.1 Å². The van der Waals surface area contributed by atoms with Crippen LogP contribution in [-0.2, 0) is 14.3 Å².